The Hall–Kier alpha value is -2.70. The van der Waals surface area contributed by atoms with E-state index in [0.29, 0.717) is 12.1 Å². The Bertz CT molecular complexity index is 761. The van der Waals surface area contributed by atoms with Gasteiger partial charge in [0, 0.05) is 11.7 Å². The summed E-state index contributed by atoms with van der Waals surface area (Å²) in [5.74, 6) is -2.10. The van der Waals surface area contributed by atoms with E-state index in [1.807, 2.05) is 19.9 Å². The molecule has 0 radical (unpaired) electrons. The number of amides is 5. The van der Waals surface area contributed by atoms with Crippen LogP contribution in [0.4, 0.5) is 10.5 Å². The van der Waals surface area contributed by atoms with Gasteiger partial charge in [-0.25, -0.2) is 9.69 Å². The first-order chi connectivity index (χ1) is 12.4. The van der Waals surface area contributed by atoms with Gasteiger partial charge in [-0.3, -0.25) is 19.3 Å². The molecule has 5 amide bonds. The van der Waals surface area contributed by atoms with Gasteiger partial charge in [-0.2, -0.15) is 0 Å². The van der Waals surface area contributed by atoms with Gasteiger partial charge < -0.3 is 5.32 Å². The van der Waals surface area contributed by atoms with Crippen molar-refractivity contribution in [1.82, 2.24) is 9.80 Å². The summed E-state index contributed by atoms with van der Waals surface area (Å²) in [5.41, 5.74) is 1.56. The molecule has 0 spiro atoms. The van der Waals surface area contributed by atoms with E-state index < -0.39 is 30.3 Å². The summed E-state index contributed by atoms with van der Waals surface area (Å²) in [5, 5.41) is 2.65. The minimum absolute atomic E-state index is 0.158. The van der Waals surface area contributed by atoms with E-state index >= 15 is 0 Å². The summed E-state index contributed by atoms with van der Waals surface area (Å²) in [6.45, 7) is 3.42. The Morgan fingerprint density at radius 3 is 2.58 bits per heavy atom. The Kier molecular flexibility index (Phi) is 5.06. The van der Waals surface area contributed by atoms with Crippen molar-refractivity contribution in [3.63, 3.8) is 0 Å². The van der Waals surface area contributed by atoms with Gasteiger partial charge in [-0.15, -0.1) is 0 Å². The van der Waals surface area contributed by atoms with Crippen LogP contribution in [0.1, 0.15) is 38.2 Å². The molecule has 2 fully saturated rings. The highest BCUT2D eigenvalue weighted by Gasteiger charge is 2.49. The number of aryl methyl sites for hydroxylation is 1. The van der Waals surface area contributed by atoms with Gasteiger partial charge in [0.1, 0.15) is 6.54 Å². The van der Waals surface area contributed by atoms with Crippen LogP contribution in [0.5, 0.6) is 0 Å². The van der Waals surface area contributed by atoms with E-state index in [1.165, 1.54) is 0 Å². The number of rotatable bonds is 4. The van der Waals surface area contributed by atoms with Crippen molar-refractivity contribution in [1.29, 1.82) is 0 Å². The summed E-state index contributed by atoms with van der Waals surface area (Å²) in [6, 6.07) is 6.25. The van der Waals surface area contributed by atoms with Crippen LogP contribution in [0, 0.1) is 12.8 Å². The minimum Gasteiger partial charge on any atom is -0.325 e. The molecule has 1 aromatic carbocycles. The molecule has 1 saturated heterocycles. The number of benzene rings is 1. The lowest BCUT2D eigenvalue weighted by Gasteiger charge is -2.34. The van der Waals surface area contributed by atoms with Crippen LogP contribution in [0.15, 0.2) is 24.3 Å². The van der Waals surface area contributed by atoms with E-state index in [0.717, 1.165) is 34.6 Å². The topological polar surface area (TPSA) is 86.8 Å². The average molecular weight is 357 g/mol. The molecule has 26 heavy (non-hydrogen) atoms. The van der Waals surface area contributed by atoms with E-state index in [9.17, 15) is 19.2 Å². The molecule has 1 heterocycles. The van der Waals surface area contributed by atoms with Gasteiger partial charge in [0.15, 0.2) is 0 Å². The number of carbonyl (C=O) groups excluding carboxylic acids is 4. The number of nitrogens with one attached hydrogen (secondary N) is 1. The highest BCUT2D eigenvalue weighted by atomic mass is 16.2. The molecule has 0 aromatic heterocycles. The van der Waals surface area contributed by atoms with Gasteiger partial charge in [-0.1, -0.05) is 31.9 Å². The maximum atomic E-state index is 12.6. The number of anilines is 1. The third kappa shape index (κ3) is 3.47. The number of hydrogen-bond acceptors (Lipinski definition) is 4. The Balaban J connectivity index is 1.70. The predicted octanol–water partition coefficient (Wildman–Crippen LogP) is 2.30. The maximum absolute atomic E-state index is 12.6. The number of carbonyl (C=O) groups is 4. The van der Waals surface area contributed by atoms with E-state index in [4.69, 9.17) is 0 Å². The third-order valence-electron chi connectivity index (χ3n) is 5.09. The molecule has 1 aliphatic carbocycles. The van der Waals surface area contributed by atoms with Crippen molar-refractivity contribution in [2.45, 2.75) is 45.6 Å². The molecule has 2 aliphatic rings. The maximum Gasteiger partial charge on any atom is 0.334 e. The molecule has 1 N–H and O–H groups in total. The SMILES string of the molecule is Cc1cccc(NC(=O)CN2C(=O)C(=O)N([C@@H]3CCCC[C@@H]3C)C2=O)c1. The summed E-state index contributed by atoms with van der Waals surface area (Å²) in [7, 11) is 0. The fraction of sp³-hybridized carbons (Fsp3) is 0.474. The van der Waals surface area contributed by atoms with E-state index in [1.54, 1.807) is 18.2 Å². The van der Waals surface area contributed by atoms with Crippen LogP contribution in [-0.4, -0.2) is 46.1 Å². The molecule has 7 nitrogen and oxygen atoms in total. The van der Waals surface area contributed by atoms with Crippen LogP contribution in [0.25, 0.3) is 0 Å². The van der Waals surface area contributed by atoms with Crippen molar-refractivity contribution in [3.05, 3.63) is 29.8 Å². The average Bonchev–Trinajstić information content (AvgIpc) is 2.79. The smallest absolute Gasteiger partial charge is 0.325 e. The van der Waals surface area contributed by atoms with Gasteiger partial charge in [-0.05, 0) is 43.4 Å². The zero-order valence-corrected chi connectivity index (χ0v) is 15.0. The standard InChI is InChI=1S/C19H23N3O4/c1-12-6-5-8-14(10-12)20-16(23)11-21-17(24)18(25)22(19(21)26)15-9-4-3-7-13(15)2/h5-6,8,10,13,15H,3-4,7,9,11H2,1-2H3,(H,20,23)/t13-,15+/m0/s1. The summed E-state index contributed by atoms with van der Waals surface area (Å²) in [4.78, 5) is 51.3. The normalized spacial score (nSPS) is 23.5. The van der Waals surface area contributed by atoms with E-state index in [-0.39, 0.29) is 12.0 Å². The number of nitrogens with zero attached hydrogens (tertiary/aromatic N) is 2. The lowest BCUT2D eigenvalue weighted by atomic mass is 9.85. The number of hydrogen-bond donors (Lipinski definition) is 1. The zero-order valence-electron chi connectivity index (χ0n) is 15.0. The number of imide groups is 2. The Morgan fingerprint density at radius 1 is 1.15 bits per heavy atom. The van der Waals surface area contributed by atoms with E-state index in [2.05, 4.69) is 5.32 Å². The summed E-state index contributed by atoms with van der Waals surface area (Å²) in [6.07, 6.45) is 3.61. The fourth-order valence-corrected chi connectivity index (χ4v) is 3.70. The third-order valence-corrected chi connectivity index (χ3v) is 5.09. The molecule has 3 rings (SSSR count). The fourth-order valence-electron chi connectivity index (χ4n) is 3.70. The second-order valence-electron chi connectivity index (χ2n) is 7.10. The van der Waals surface area contributed by atoms with Gasteiger partial charge in [0.05, 0.1) is 0 Å². The monoisotopic (exact) mass is 357 g/mol. The molecule has 1 saturated carbocycles. The van der Waals surface area contributed by atoms with Crippen molar-refractivity contribution >= 4 is 29.4 Å². The van der Waals surface area contributed by atoms with Crippen molar-refractivity contribution in [2.75, 3.05) is 11.9 Å². The molecule has 0 unspecified atom stereocenters. The molecule has 1 aromatic rings. The van der Waals surface area contributed by atoms with Crippen LogP contribution in [0.2, 0.25) is 0 Å². The highest BCUT2D eigenvalue weighted by molar-refractivity contribution is 6.45. The van der Waals surface area contributed by atoms with Crippen LogP contribution >= 0.6 is 0 Å². The molecular weight excluding hydrogens is 334 g/mol. The first kappa shape index (κ1) is 18.1. The van der Waals surface area contributed by atoms with Crippen LogP contribution in [0.3, 0.4) is 0 Å². The van der Waals surface area contributed by atoms with Crippen molar-refractivity contribution < 1.29 is 19.2 Å². The molecule has 0 bridgehead atoms. The summed E-state index contributed by atoms with van der Waals surface area (Å²) >= 11 is 0. The van der Waals surface area contributed by atoms with Crippen molar-refractivity contribution in [2.24, 2.45) is 5.92 Å². The van der Waals surface area contributed by atoms with Gasteiger partial charge >= 0.3 is 17.8 Å². The second kappa shape index (κ2) is 7.27. The largest absolute Gasteiger partial charge is 0.334 e. The van der Waals surface area contributed by atoms with Crippen molar-refractivity contribution in [3.8, 4) is 0 Å². The Morgan fingerprint density at radius 2 is 1.88 bits per heavy atom. The van der Waals surface area contributed by atoms with Gasteiger partial charge in [0.25, 0.3) is 0 Å². The predicted molar refractivity (Wildman–Crippen MR) is 95.2 cm³/mol. The quantitative estimate of drug-likeness (QED) is 0.662. The molecule has 7 heteroatoms. The second-order valence-corrected chi connectivity index (χ2v) is 7.10. The first-order valence-electron chi connectivity index (χ1n) is 8.94. The molecule has 2 atom stereocenters. The molecular formula is C19H23N3O4. The summed E-state index contributed by atoms with van der Waals surface area (Å²) < 4.78 is 0. The zero-order chi connectivity index (χ0) is 18.8. The Labute approximate surface area is 152 Å². The molecule has 138 valence electrons. The lowest BCUT2D eigenvalue weighted by molar-refractivity contribution is -0.145. The lowest BCUT2D eigenvalue weighted by Crippen LogP contribution is -2.46. The van der Waals surface area contributed by atoms with Crippen LogP contribution < -0.4 is 5.32 Å². The minimum atomic E-state index is -0.924. The highest BCUT2D eigenvalue weighted by Crippen LogP contribution is 2.31. The number of urea groups is 1. The first-order valence-corrected chi connectivity index (χ1v) is 8.94. The molecule has 1 aliphatic heterocycles. The van der Waals surface area contributed by atoms with Gasteiger partial charge in [0.2, 0.25) is 5.91 Å². The van der Waals surface area contributed by atoms with Crippen LogP contribution in [-0.2, 0) is 14.4 Å².